The van der Waals surface area contributed by atoms with Crippen molar-refractivity contribution < 1.29 is 19.2 Å². The van der Waals surface area contributed by atoms with E-state index < -0.39 is 10.8 Å². The summed E-state index contributed by atoms with van der Waals surface area (Å²) in [7, 11) is 0. The van der Waals surface area contributed by atoms with Crippen LogP contribution in [0.5, 0.6) is 5.75 Å². The predicted molar refractivity (Wildman–Crippen MR) is 81.5 cm³/mol. The minimum Gasteiger partial charge on any atom is -0.484 e. The molecule has 1 aromatic rings. The van der Waals surface area contributed by atoms with Crippen LogP contribution in [-0.4, -0.2) is 23.3 Å². The molecule has 1 aliphatic rings. The smallest absolute Gasteiger partial charge is 0.276 e. The highest BCUT2D eigenvalue weighted by atomic mass is 16.6. The number of amides is 2. The molecule has 8 nitrogen and oxygen atoms in total. The van der Waals surface area contributed by atoms with Gasteiger partial charge in [-0.15, -0.1) is 0 Å². The number of carbonyl (C=O) groups excluding carboxylic acids is 2. The zero-order valence-electron chi connectivity index (χ0n) is 12.6. The molecule has 0 unspecified atom stereocenters. The number of rotatable bonds is 5. The summed E-state index contributed by atoms with van der Waals surface area (Å²) in [4.78, 5) is 33.5. The molecule has 0 radical (unpaired) electrons. The summed E-state index contributed by atoms with van der Waals surface area (Å²) >= 11 is 0. The number of hydrazine groups is 1. The van der Waals surface area contributed by atoms with Crippen LogP contribution in [0.2, 0.25) is 0 Å². The molecule has 124 valence electrons. The summed E-state index contributed by atoms with van der Waals surface area (Å²) in [5.74, 6) is -0.370. The van der Waals surface area contributed by atoms with Gasteiger partial charge in [-0.2, -0.15) is 0 Å². The summed E-state index contributed by atoms with van der Waals surface area (Å²) in [5.41, 5.74) is 4.66. The first-order chi connectivity index (χ1) is 11.1. The largest absolute Gasteiger partial charge is 0.484 e. The maximum Gasteiger partial charge on any atom is 0.276 e. The standard InChI is InChI=1S/C15H19N3O5/c19-14(16-17-15(20)11-4-2-1-3-5-11)10-23-13-8-6-12(7-9-13)18(21)22/h6-9,11H,1-5,10H2,(H,16,19)(H,17,20). The molecule has 2 N–H and O–H groups in total. The SMILES string of the molecule is O=C(COc1ccc([N+](=O)[O-])cc1)NNC(=O)C1CCCCC1. The monoisotopic (exact) mass is 321 g/mol. The first-order valence-corrected chi connectivity index (χ1v) is 7.52. The molecule has 23 heavy (non-hydrogen) atoms. The molecule has 1 saturated carbocycles. The number of nitro benzene ring substituents is 1. The number of non-ortho nitro benzene ring substituents is 1. The number of hydrogen-bond acceptors (Lipinski definition) is 5. The van der Waals surface area contributed by atoms with Crippen molar-refractivity contribution in [2.45, 2.75) is 32.1 Å². The molecule has 1 aliphatic carbocycles. The highest BCUT2D eigenvalue weighted by molar-refractivity contribution is 5.84. The second-order valence-corrected chi connectivity index (χ2v) is 5.41. The van der Waals surface area contributed by atoms with Crippen LogP contribution >= 0.6 is 0 Å². The molecule has 0 heterocycles. The Bertz CT molecular complexity index is 567. The Kier molecular flexibility index (Phi) is 5.90. The van der Waals surface area contributed by atoms with E-state index in [1.54, 1.807) is 0 Å². The maximum atomic E-state index is 11.8. The fourth-order valence-electron chi connectivity index (χ4n) is 2.45. The van der Waals surface area contributed by atoms with Gasteiger partial charge in [0, 0.05) is 18.1 Å². The Morgan fingerprint density at radius 1 is 1.13 bits per heavy atom. The fourth-order valence-corrected chi connectivity index (χ4v) is 2.45. The summed E-state index contributed by atoms with van der Waals surface area (Å²) in [6, 6.07) is 5.40. The first-order valence-electron chi connectivity index (χ1n) is 7.52. The lowest BCUT2D eigenvalue weighted by molar-refractivity contribution is -0.384. The van der Waals surface area contributed by atoms with Gasteiger partial charge in [0.2, 0.25) is 5.91 Å². The van der Waals surface area contributed by atoms with Gasteiger partial charge < -0.3 is 4.74 Å². The molecule has 0 spiro atoms. The van der Waals surface area contributed by atoms with Crippen LogP contribution in [0.15, 0.2) is 24.3 Å². The minimum absolute atomic E-state index is 0.0420. The van der Waals surface area contributed by atoms with E-state index in [-0.39, 0.29) is 24.1 Å². The second-order valence-electron chi connectivity index (χ2n) is 5.41. The quantitative estimate of drug-likeness (QED) is 0.633. The molecule has 0 bridgehead atoms. The number of nitrogens with zero attached hydrogens (tertiary/aromatic N) is 1. The minimum atomic E-state index is -0.517. The molecule has 0 aromatic heterocycles. The number of carbonyl (C=O) groups is 2. The summed E-state index contributed by atoms with van der Waals surface area (Å²) in [5, 5.41) is 10.5. The van der Waals surface area contributed by atoms with E-state index in [4.69, 9.17) is 4.74 Å². The molecule has 0 saturated heterocycles. The number of benzene rings is 1. The third-order valence-electron chi connectivity index (χ3n) is 3.72. The lowest BCUT2D eigenvalue weighted by Gasteiger charge is -2.20. The van der Waals surface area contributed by atoms with E-state index >= 15 is 0 Å². The maximum absolute atomic E-state index is 11.8. The lowest BCUT2D eigenvalue weighted by Crippen LogP contribution is -2.46. The molecule has 2 amide bonds. The van der Waals surface area contributed by atoms with Gasteiger partial charge in [-0.1, -0.05) is 19.3 Å². The lowest BCUT2D eigenvalue weighted by atomic mass is 9.89. The predicted octanol–water partition coefficient (Wildman–Crippen LogP) is 1.70. The number of nitrogens with one attached hydrogen (secondary N) is 2. The zero-order chi connectivity index (χ0) is 16.7. The molecular weight excluding hydrogens is 302 g/mol. The van der Waals surface area contributed by atoms with Crippen molar-refractivity contribution in [1.82, 2.24) is 10.9 Å². The van der Waals surface area contributed by atoms with Gasteiger partial charge in [-0.05, 0) is 25.0 Å². The summed E-state index contributed by atoms with van der Waals surface area (Å²) < 4.78 is 5.19. The first kappa shape index (κ1) is 16.7. The van der Waals surface area contributed by atoms with Gasteiger partial charge in [0.15, 0.2) is 6.61 Å². The van der Waals surface area contributed by atoms with Crippen molar-refractivity contribution in [3.8, 4) is 5.75 Å². The van der Waals surface area contributed by atoms with Crippen LogP contribution in [0.1, 0.15) is 32.1 Å². The van der Waals surface area contributed by atoms with Crippen molar-refractivity contribution in [3.05, 3.63) is 34.4 Å². The number of ether oxygens (including phenoxy) is 1. The van der Waals surface area contributed by atoms with Crippen LogP contribution < -0.4 is 15.6 Å². The molecule has 0 atom stereocenters. The summed E-state index contributed by atoms with van der Waals surface area (Å²) in [6.45, 7) is -0.289. The van der Waals surface area contributed by atoms with Gasteiger partial charge in [0.05, 0.1) is 4.92 Å². The van der Waals surface area contributed by atoms with Gasteiger partial charge >= 0.3 is 0 Å². The molecular formula is C15H19N3O5. The van der Waals surface area contributed by atoms with Gasteiger partial charge in [-0.25, -0.2) is 0 Å². The highest BCUT2D eigenvalue weighted by Gasteiger charge is 2.21. The van der Waals surface area contributed by atoms with Crippen molar-refractivity contribution in [1.29, 1.82) is 0 Å². The van der Waals surface area contributed by atoms with Crippen LogP contribution in [0.25, 0.3) is 0 Å². The van der Waals surface area contributed by atoms with Crippen LogP contribution in [0.4, 0.5) is 5.69 Å². The number of hydrogen-bond donors (Lipinski definition) is 2. The average molecular weight is 321 g/mol. The Morgan fingerprint density at radius 3 is 2.39 bits per heavy atom. The van der Waals surface area contributed by atoms with Gasteiger partial charge in [0.1, 0.15) is 5.75 Å². The third kappa shape index (κ3) is 5.24. The normalized spacial score (nSPS) is 14.8. The Labute approximate surface area is 133 Å². The van der Waals surface area contributed by atoms with E-state index in [1.165, 1.54) is 24.3 Å². The topological polar surface area (TPSA) is 111 Å². The van der Waals surface area contributed by atoms with Crippen molar-refractivity contribution in [3.63, 3.8) is 0 Å². The molecule has 8 heteroatoms. The molecule has 0 aliphatic heterocycles. The van der Waals surface area contributed by atoms with Gasteiger partial charge in [-0.3, -0.25) is 30.6 Å². The Hall–Kier alpha value is -2.64. The highest BCUT2D eigenvalue weighted by Crippen LogP contribution is 2.23. The van der Waals surface area contributed by atoms with E-state index in [2.05, 4.69) is 10.9 Å². The second kappa shape index (κ2) is 8.11. The molecule has 1 fully saturated rings. The molecule has 1 aromatic carbocycles. The van der Waals surface area contributed by atoms with E-state index in [0.717, 1.165) is 32.1 Å². The average Bonchev–Trinajstić information content (AvgIpc) is 2.59. The summed E-state index contributed by atoms with van der Waals surface area (Å²) in [6.07, 6.45) is 4.92. The Balaban J connectivity index is 1.70. The van der Waals surface area contributed by atoms with E-state index in [9.17, 15) is 19.7 Å². The number of nitro groups is 1. The van der Waals surface area contributed by atoms with Crippen molar-refractivity contribution in [2.75, 3.05) is 6.61 Å². The van der Waals surface area contributed by atoms with Crippen molar-refractivity contribution in [2.24, 2.45) is 5.92 Å². The van der Waals surface area contributed by atoms with Crippen molar-refractivity contribution >= 4 is 17.5 Å². The van der Waals surface area contributed by atoms with Crippen LogP contribution in [-0.2, 0) is 9.59 Å². The van der Waals surface area contributed by atoms with E-state index in [0.29, 0.717) is 5.75 Å². The fraction of sp³-hybridized carbons (Fsp3) is 0.467. The van der Waals surface area contributed by atoms with Crippen LogP contribution in [0, 0.1) is 16.0 Å². The zero-order valence-corrected chi connectivity index (χ0v) is 12.6. The van der Waals surface area contributed by atoms with Crippen LogP contribution in [0.3, 0.4) is 0 Å². The molecule has 2 rings (SSSR count). The van der Waals surface area contributed by atoms with Gasteiger partial charge in [0.25, 0.3) is 11.6 Å². The van der Waals surface area contributed by atoms with E-state index in [1.807, 2.05) is 0 Å². The third-order valence-corrected chi connectivity index (χ3v) is 3.72. The Morgan fingerprint density at radius 2 is 1.78 bits per heavy atom.